The molecule has 0 saturated carbocycles. The molecule has 23 heavy (non-hydrogen) atoms. The van der Waals surface area contributed by atoms with Crippen LogP contribution in [0.15, 0.2) is 29.3 Å². The van der Waals surface area contributed by atoms with E-state index in [1.54, 1.807) is 12.4 Å². The summed E-state index contributed by atoms with van der Waals surface area (Å²) in [5.41, 5.74) is 1.45. The molecule has 7 nitrogen and oxygen atoms in total. The fourth-order valence-electron chi connectivity index (χ4n) is 3.48. The maximum absolute atomic E-state index is 12.5. The Morgan fingerprint density at radius 2 is 1.91 bits per heavy atom. The number of aromatic nitrogens is 3. The van der Waals surface area contributed by atoms with E-state index in [-0.39, 0.29) is 29.8 Å². The predicted octanol–water partition coefficient (Wildman–Crippen LogP) is 1.40. The quantitative estimate of drug-likeness (QED) is 0.877. The van der Waals surface area contributed by atoms with Gasteiger partial charge < -0.3 is 10.1 Å². The zero-order valence-corrected chi connectivity index (χ0v) is 12.6. The van der Waals surface area contributed by atoms with Gasteiger partial charge in [-0.05, 0) is 30.5 Å². The van der Waals surface area contributed by atoms with Crippen molar-refractivity contribution < 1.29 is 9.53 Å². The number of rotatable bonds is 2. The van der Waals surface area contributed by atoms with Gasteiger partial charge in [0.15, 0.2) is 0 Å². The van der Waals surface area contributed by atoms with Crippen molar-refractivity contribution in [1.29, 1.82) is 0 Å². The van der Waals surface area contributed by atoms with Gasteiger partial charge in [-0.3, -0.25) is 24.4 Å². The van der Waals surface area contributed by atoms with Crippen LogP contribution in [0, 0.1) is 0 Å². The van der Waals surface area contributed by atoms with Gasteiger partial charge in [0.05, 0.1) is 11.6 Å². The molecule has 7 heteroatoms. The van der Waals surface area contributed by atoms with Crippen LogP contribution in [-0.4, -0.2) is 33.9 Å². The van der Waals surface area contributed by atoms with Crippen molar-refractivity contribution in [3.8, 4) is 0 Å². The largest absolute Gasteiger partial charge is 0.381 e. The summed E-state index contributed by atoms with van der Waals surface area (Å²) in [7, 11) is 0. The minimum Gasteiger partial charge on any atom is -0.381 e. The number of amides is 1. The lowest BCUT2D eigenvalue weighted by Gasteiger charge is -2.28. The second-order valence-corrected chi connectivity index (χ2v) is 6.00. The Bertz CT molecular complexity index is 774. The molecule has 2 aromatic rings. The van der Waals surface area contributed by atoms with Crippen molar-refractivity contribution in [3.63, 3.8) is 0 Å². The van der Waals surface area contributed by atoms with Gasteiger partial charge in [0.25, 0.3) is 5.56 Å². The van der Waals surface area contributed by atoms with E-state index in [1.807, 2.05) is 16.8 Å². The van der Waals surface area contributed by atoms with E-state index < -0.39 is 0 Å². The van der Waals surface area contributed by atoms with E-state index in [4.69, 9.17) is 4.74 Å². The Hall–Kier alpha value is -2.41. The molecule has 0 aromatic carbocycles. The molecule has 0 spiro atoms. The van der Waals surface area contributed by atoms with Gasteiger partial charge in [-0.15, -0.1) is 0 Å². The van der Waals surface area contributed by atoms with Crippen molar-refractivity contribution in [2.75, 3.05) is 18.5 Å². The van der Waals surface area contributed by atoms with Gasteiger partial charge in [0.1, 0.15) is 5.82 Å². The molecule has 4 rings (SSSR count). The molecule has 0 unspecified atom stereocenters. The standard InChI is InChI=1S/C16H18N4O3/c21-13-9-12(10-1-5-17-6-2-10)14-15(18-13)20(19-16(14)22)11-3-7-23-8-4-11/h1-2,5-6,11-12H,3-4,7-9H2,(H,18,21)(H,19,22)/t12-/m0/s1. The van der Waals surface area contributed by atoms with Crippen LogP contribution in [0.4, 0.5) is 5.82 Å². The predicted molar refractivity (Wildman–Crippen MR) is 83.5 cm³/mol. The first kappa shape index (κ1) is 14.2. The first-order chi connectivity index (χ1) is 11.2. The van der Waals surface area contributed by atoms with E-state index >= 15 is 0 Å². The molecule has 1 fully saturated rings. The highest BCUT2D eigenvalue weighted by Crippen LogP contribution is 2.36. The Labute approximate surface area is 132 Å². The number of ether oxygens (including phenoxy) is 1. The van der Waals surface area contributed by atoms with Crippen LogP contribution in [0.5, 0.6) is 0 Å². The third-order valence-electron chi connectivity index (χ3n) is 4.62. The molecule has 120 valence electrons. The first-order valence-electron chi connectivity index (χ1n) is 7.86. The number of carbonyl (C=O) groups is 1. The second-order valence-electron chi connectivity index (χ2n) is 6.00. The molecule has 1 atom stereocenters. The maximum Gasteiger partial charge on any atom is 0.270 e. The molecule has 4 heterocycles. The van der Waals surface area contributed by atoms with E-state index in [1.165, 1.54) is 0 Å². The number of nitrogens with one attached hydrogen (secondary N) is 2. The van der Waals surface area contributed by atoms with Crippen molar-refractivity contribution in [2.45, 2.75) is 31.2 Å². The number of anilines is 1. The summed E-state index contributed by atoms with van der Waals surface area (Å²) in [6.45, 7) is 1.34. The normalized spacial score (nSPS) is 21.7. The Morgan fingerprint density at radius 3 is 2.65 bits per heavy atom. The average Bonchev–Trinajstić information content (AvgIpc) is 2.92. The van der Waals surface area contributed by atoms with Gasteiger partial charge in [-0.1, -0.05) is 0 Å². The minimum atomic E-state index is -0.230. The van der Waals surface area contributed by atoms with Crippen molar-refractivity contribution in [2.24, 2.45) is 0 Å². The van der Waals surface area contributed by atoms with Gasteiger partial charge >= 0.3 is 0 Å². The van der Waals surface area contributed by atoms with Crippen LogP contribution >= 0.6 is 0 Å². The minimum absolute atomic E-state index is 0.0703. The summed E-state index contributed by atoms with van der Waals surface area (Å²) in [6.07, 6.45) is 5.30. The topological polar surface area (TPSA) is 89.0 Å². The third-order valence-corrected chi connectivity index (χ3v) is 4.62. The third kappa shape index (κ3) is 2.46. The van der Waals surface area contributed by atoms with Crippen LogP contribution < -0.4 is 10.9 Å². The van der Waals surface area contributed by atoms with Crippen LogP contribution in [0.3, 0.4) is 0 Å². The molecule has 2 N–H and O–H groups in total. The smallest absolute Gasteiger partial charge is 0.270 e. The van der Waals surface area contributed by atoms with E-state index in [9.17, 15) is 9.59 Å². The summed E-state index contributed by atoms with van der Waals surface area (Å²) < 4.78 is 7.21. The molecule has 0 bridgehead atoms. The van der Waals surface area contributed by atoms with E-state index in [0.29, 0.717) is 24.6 Å². The van der Waals surface area contributed by atoms with Gasteiger partial charge in [0, 0.05) is 37.9 Å². The summed E-state index contributed by atoms with van der Waals surface area (Å²) >= 11 is 0. The number of hydrogen-bond acceptors (Lipinski definition) is 4. The average molecular weight is 314 g/mol. The number of carbonyl (C=O) groups excluding carboxylic acids is 1. The summed E-state index contributed by atoms with van der Waals surface area (Å²) in [6, 6.07) is 3.87. The molecule has 1 amide bonds. The Balaban J connectivity index is 1.80. The summed E-state index contributed by atoms with van der Waals surface area (Å²) in [4.78, 5) is 28.7. The maximum atomic E-state index is 12.5. The van der Waals surface area contributed by atoms with Crippen LogP contribution in [0.2, 0.25) is 0 Å². The summed E-state index contributed by atoms with van der Waals surface area (Å²) in [5, 5.41) is 5.80. The van der Waals surface area contributed by atoms with Crippen molar-refractivity contribution in [1.82, 2.24) is 14.8 Å². The second kappa shape index (κ2) is 5.66. The highest BCUT2D eigenvalue weighted by Gasteiger charge is 2.34. The SMILES string of the molecule is O=C1C[C@@H](c2ccncc2)c2c(n(C3CCOCC3)[nH]c2=O)N1. The Morgan fingerprint density at radius 1 is 1.17 bits per heavy atom. The summed E-state index contributed by atoms with van der Waals surface area (Å²) in [5.74, 6) is 0.311. The lowest BCUT2D eigenvalue weighted by Crippen LogP contribution is -2.28. The van der Waals surface area contributed by atoms with Crippen molar-refractivity contribution in [3.05, 3.63) is 46.0 Å². The molecule has 1 saturated heterocycles. The molecular formula is C16H18N4O3. The molecule has 2 aliphatic heterocycles. The number of fused-ring (bicyclic) bond motifs is 1. The van der Waals surface area contributed by atoms with Crippen LogP contribution in [-0.2, 0) is 9.53 Å². The van der Waals surface area contributed by atoms with Gasteiger partial charge in [-0.25, -0.2) is 0 Å². The number of pyridine rings is 1. The molecule has 0 aliphatic carbocycles. The number of aromatic amines is 1. The van der Waals surface area contributed by atoms with Crippen LogP contribution in [0.1, 0.15) is 42.3 Å². The molecule has 2 aliphatic rings. The number of hydrogen-bond donors (Lipinski definition) is 2. The Kier molecular flexibility index (Phi) is 3.49. The zero-order chi connectivity index (χ0) is 15.8. The van der Waals surface area contributed by atoms with Crippen LogP contribution in [0.25, 0.3) is 0 Å². The fourth-order valence-corrected chi connectivity index (χ4v) is 3.48. The lowest BCUT2D eigenvalue weighted by atomic mass is 9.88. The number of nitrogens with zero attached hydrogens (tertiary/aromatic N) is 2. The first-order valence-corrected chi connectivity index (χ1v) is 7.86. The van der Waals surface area contributed by atoms with E-state index in [2.05, 4.69) is 15.4 Å². The van der Waals surface area contributed by atoms with Gasteiger partial charge in [0.2, 0.25) is 5.91 Å². The van der Waals surface area contributed by atoms with Crippen molar-refractivity contribution >= 4 is 11.7 Å². The molecule has 2 aromatic heterocycles. The highest BCUT2D eigenvalue weighted by molar-refractivity contribution is 5.94. The zero-order valence-electron chi connectivity index (χ0n) is 12.6. The van der Waals surface area contributed by atoms with E-state index in [0.717, 1.165) is 18.4 Å². The molecular weight excluding hydrogens is 296 g/mol. The molecule has 0 radical (unpaired) electrons. The van der Waals surface area contributed by atoms with Gasteiger partial charge in [-0.2, -0.15) is 0 Å². The fraction of sp³-hybridized carbons (Fsp3) is 0.438. The highest BCUT2D eigenvalue weighted by atomic mass is 16.5. The number of H-pyrrole nitrogens is 1. The monoisotopic (exact) mass is 314 g/mol. The lowest BCUT2D eigenvalue weighted by molar-refractivity contribution is -0.116.